The first kappa shape index (κ1) is 20.5. The van der Waals surface area contributed by atoms with Gasteiger partial charge in [0.15, 0.2) is 0 Å². The standard InChI is InChI=1S/C27H25NO4/c1-17-7-2-5-11-22(17)24-23(26(30)27(31)28(24)16-21-10-6-14-32-21)25(29)20-13-12-18-8-3-4-9-19(18)15-20/h2-5,7-9,11-13,15,21,24,29H,6,10,14,16H2,1H3/b25-23+. The molecular weight excluding hydrogens is 402 g/mol. The number of carbonyl (C=O) groups excluding carboxylic acids is 2. The van der Waals surface area contributed by atoms with Crippen molar-refractivity contribution in [2.45, 2.75) is 31.9 Å². The summed E-state index contributed by atoms with van der Waals surface area (Å²) in [6.07, 6.45) is 1.70. The average molecular weight is 428 g/mol. The zero-order valence-corrected chi connectivity index (χ0v) is 18.0. The van der Waals surface area contributed by atoms with Crippen LogP contribution in [-0.2, 0) is 14.3 Å². The van der Waals surface area contributed by atoms with Crippen molar-refractivity contribution in [1.29, 1.82) is 0 Å². The second-order valence-electron chi connectivity index (χ2n) is 8.51. The van der Waals surface area contributed by atoms with E-state index in [0.29, 0.717) is 18.7 Å². The smallest absolute Gasteiger partial charge is 0.295 e. The molecule has 2 fully saturated rings. The summed E-state index contributed by atoms with van der Waals surface area (Å²) in [5.74, 6) is -1.38. The summed E-state index contributed by atoms with van der Waals surface area (Å²) in [6.45, 7) is 2.95. The molecule has 32 heavy (non-hydrogen) atoms. The summed E-state index contributed by atoms with van der Waals surface area (Å²) in [4.78, 5) is 27.9. The van der Waals surface area contributed by atoms with Crippen LogP contribution in [0.25, 0.3) is 16.5 Å². The molecule has 5 rings (SSSR count). The SMILES string of the molecule is Cc1ccccc1C1/C(=C(\O)c2ccc3ccccc3c2)C(=O)C(=O)N1CC1CCCO1. The molecule has 3 aromatic carbocycles. The molecule has 2 aliphatic heterocycles. The molecule has 1 N–H and O–H groups in total. The molecule has 3 aromatic rings. The summed E-state index contributed by atoms with van der Waals surface area (Å²) < 4.78 is 5.76. The highest BCUT2D eigenvalue weighted by Crippen LogP contribution is 2.41. The predicted octanol–water partition coefficient (Wildman–Crippen LogP) is 4.75. The molecule has 0 spiro atoms. The van der Waals surface area contributed by atoms with Crippen LogP contribution in [-0.4, -0.2) is 41.0 Å². The first-order valence-electron chi connectivity index (χ1n) is 11.0. The first-order valence-corrected chi connectivity index (χ1v) is 11.0. The van der Waals surface area contributed by atoms with E-state index in [2.05, 4.69) is 0 Å². The van der Waals surface area contributed by atoms with E-state index in [9.17, 15) is 14.7 Å². The summed E-state index contributed by atoms with van der Waals surface area (Å²) in [5, 5.41) is 13.3. The highest BCUT2D eigenvalue weighted by molar-refractivity contribution is 6.46. The Hall–Kier alpha value is -3.44. The Morgan fingerprint density at radius 3 is 2.53 bits per heavy atom. The number of fused-ring (bicyclic) bond motifs is 1. The molecule has 162 valence electrons. The van der Waals surface area contributed by atoms with Gasteiger partial charge in [-0.1, -0.05) is 60.7 Å². The molecule has 2 heterocycles. The van der Waals surface area contributed by atoms with Gasteiger partial charge in [-0.25, -0.2) is 0 Å². The minimum Gasteiger partial charge on any atom is -0.507 e. The molecule has 0 aliphatic carbocycles. The Balaban J connectivity index is 1.65. The lowest BCUT2D eigenvalue weighted by Gasteiger charge is -2.28. The van der Waals surface area contributed by atoms with E-state index >= 15 is 0 Å². The molecule has 0 bridgehead atoms. The number of benzene rings is 3. The van der Waals surface area contributed by atoms with Crippen LogP contribution in [0, 0.1) is 6.92 Å². The molecule has 2 saturated heterocycles. The third-order valence-corrected chi connectivity index (χ3v) is 6.47. The molecule has 0 saturated carbocycles. The number of amides is 1. The largest absolute Gasteiger partial charge is 0.507 e. The molecule has 0 aromatic heterocycles. The maximum atomic E-state index is 13.2. The van der Waals surface area contributed by atoms with Crippen LogP contribution >= 0.6 is 0 Å². The van der Waals surface area contributed by atoms with Crippen LogP contribution in [0.3, 0.4) is 0 Å². The Labute approximate surface area is 186 Å². The fourth-order valence-electron chi connectivity index (χ4n) is 4.79. The van der Waals surface area contributed by atoms with E-state index in [4.69, 9.17) is 4.74 Å². The zero-order valence-electron chi connectivity index (χ0n) is 18.0. The van der Waals surface area contributed by atoms with Crippen LogP contribution in [0.2, 0.25) is 0 Å². The maximum Gasteiger partial charge on any atom is 0.295 e. The Morgan fingerprint density at radius 1 is 1.03 bits per heavy atom. The summed E-state index contributed by atoms with van der Waals surface area (Å²) in [5.41, 5.74) is 2.46. The molecule has 1 amide bonds. The topological polar surface area (TPSA) is 66.8 Å². The number of carbonyl (C=O) groups is 2. The van der Waals surface area contributed by atoms with Gasteiger partial charge in [0.1, 0.15) is 5.76 Å². The number of ketones is 1. The van der Waals surface area contributed by atoms with Gasteiger partial charge in [-0.15, -0.1) is 0 Å². The van der Waals surface area contributed by atoms with Crippen LogP contribution in [0.5, 0.6) is 0 Å². The van der Waals surface area contributed by atoms with Gasteiger partial charge in [-0.3, -0.25) is 9.59 Å². The van der Waals surface area contributed by atoms with Crippen LogP contribution in [0.15, 0.2) is 72.3 Å². The number of ether oxygens (including phenoxy) is 1. The molecule has 2 aliphatic rings. The fraction of sp³-hybridized carbons (Fsp3) is 0.259. The first-order chi connectivity index (χ1) is 15.5. The molecule has 5 nitrogen and oxygen atoms in total. The number of nitrogens with zero attached hydrogens (tertiary/aromatic N) is 1. The van der Waals surface area contributed by atoms with Gasteiger partial charge in [0.2, 0.25) is 0 Å². The van der Waals surface area contributed by atoms with E-state index in [1.165, 1.54) is 0 Å². The normalized spacial score (nSPS) is 22.7. The number of aliphatic hydroxyl groups excluding tert-OH is 1. The van der Waals surface area contributed by atoms with Crippen molar-refractivity contribution in [1.82, 2.24) is 4.90 Å². The quantitative estimate of drug-likeness (QED) is 0.371. The summed E-state index contributed by atoms with van der Waals surface area (Å²) in [6, 6.07) is 20.4. The van der Waals surface area contributed by atoms with Crippen molar-refractivity contribution in [2.75, 3.05) is 13.2 Å². The van der Waals surface area contributed by atoms with Crippen molar-refractivity contribution in [3.8, 4) is 0 Å². The average Bonchev–Trinajstić information content (AvgIpc) is 3.41. The van der Waals surface area contributed by atoms with E-state index in [1.54, 1.807) is 11.0 Å². The lowest BCUT2D eigenvalue weighted by molar-refractivity contribution is -0.140. The maximum absolute atomic E-state index is 13.2. The molecular formula is C27H25NO4. The highest BCUT2D eigenvalue weighted by atomic mass is 16.5. The van der Waals surface area contributed by atoms with Crippen LogP contribution < -0.4 is 0 Å². The molecule has 5 heteroatoms. The van der Waals surface area contributed by atoms with Crippen LogP contribution in [0.4, 0.5) is 0 Å². The highest BCUT2D eigenvalue weighted by Gasteiger charge is 2.47. The number of aryl methyl sites for hydroxylation is 1. The zero-order chi connectivity index (χ0) is 22.2. The molecule has 2 unspecified atom stereocenters. The second-order valence-corrected chi connectivity index (χ2v) is 8.51. The number of aliphatic hydroxyl groups is 1. The summed E-state index contributed by atoms with van der Waals surface area (Å²) >= 11 is 0. The minimum atomic E-state index is -0.651. The van der Waals surface area contributed by atoms with E-state index in [1.807, 2.05) is 67.6 Å². The lowest BCUT2D eigenvalue weighted by atomic mass is 9.92. The van der Waals surface area contributed by atoms with Gasteiger partial charge < -0.3 is 14.7 Å². The lowest BCUT2D eigenvalue weighted by Crippen LogP contribution is -2.36. The number of rotatable bonds is 4. The van der Waals surface area contributed by atoms with E-state index in [0.717, 1.165) is 34.7 Å². The number of Topliss-reactive ketones (excluding diaryl/α,β-unsaturated/α-hetero) is 1. The van der Waals surface area contributed by atoms with Gasteiger partial charge >= 0.3 is 0 Å². The number of hydrogen-bond acceptors (Lipinski definition) is 4. The molecule has 0 radical (unpaired) electrons. The number of likely N-dealkylation sites (tertiary alicyclic amines) is 1. The van der Waals surface area contributed by atoms with Gasteiger partial charge in [0, 0.05) is 18.7 Å². The minimum absolute atomic E-state index is 0.0968. The fourth-order valence-corrected chi connectivity index (χ4v) is 4.79. The Bertz CT molecular complexity index is 1240. The molecule has 2 atom stereocenters. The Morgan fingerprint density at radius 2 is 1.78 bits per heavy atom. The van der Waals surface area contributed by atoms with Gasteiger partial charge in [-0.05, 0) is 47.7 Å². The van der Waals surface area contributed by atoms with Crippen molar-refractivity contribution >= 4 is 28.2 Å². The predicted molar refractivity (Wildman–Crippen MR) is 123 cm³/mol. The van der Waals surface area contributed by atoms with E-state index < -0.39 is 17.7 Å². The van der Waals surface area contributed by atoms with Crippen molar-refractivity contribution < 1.29 is 19.4 Å². The summed E-state index contributed by atoms with van der Waals surface area (Å²) in [7, 11) is 0. The van der Waals surface area contributed by atoms with Crippen molar-refractivity contribution in [3.63, 3.8) is 0 Å². The van der Waals surface area contributed by atoms with Gasteiger partial charge in [0.25, 0.3) is 11.7 Å². The third-order valence-electron chi connectivity index (χ3n) is 6.47. The van der Waals surface area contributed by atoms with Gasteiger partial charge in [-0.2, -0.15) is 0 Å². The van der Waals surface area contributed by atoms with Crippen molar-refractivity contribution in [2.24, 2.45) is 0 Å². The van der Waals surface area contributed by atoms with Crippen molar-refractivity contribution in [3.05, 3.63) is 89.0 Å². The monoisotopic (exact) mass is 427 g/mol. The third kappa shape index (κ3) is 3.49. The van der Waals surface area contributed by atoms with E-state index in [-0.39, 0.29) is 17.4 Å². The number of hydrogen-bond donors (Lipinski definition) is 1. The second kappa shape index (κ2) is 8.24. The van der Waals surface area contributed by atoms with Gasteiger partial charge in [0.05, 0.1) is 17.7 Å². The Kier molecular flexibility index (Phi) is 5.27. The van der Waals surface area contributed by atoms with Crippen LogP contribution in [0.1, 0.15) is 35.6 Å².